The molecule has 344 valence electrons. The fraction of sp³-hybridized carbons (Fsp3) is 0.904. The summed E-state index contributed by atoms with van der Waals surface area (Å²) in [6.07, 6.45) is 55.4. The SMILES string of the molecule is CCCCCCCCCCC/C=C\C/C=C\CCCCCCCCCCCCCCCCCCC(O)C(=O)NC(CO)C(O)C(O)CCCCCCCCCCCC. The molecule has 0 aromatic carbocycles. The largest absolute Gasteiger partial charge is 0.394 e. The van der Waals surface area contributed by atoms with Crippen LogP contribution in [0.4, 0.5) is 0 Å². The van der Waals surface area contributed by atoms with E-state index in [0.717, 1.165) is 44.9 Å². The Kier molecular flexibility index (Phi) is 45.9. The van der Waals surface area contributed by atoms with Crippen molar-refractivity contribution in [3.63, 3.8) is 0 Å². The molecule has 0 aliphatic heterocycles. The second-order valence-corrected chi connectivity index (χ2v) is 17.9. The maximum atomic E-state index is 12.5. The molecule has 0 rings (SSSR count). The molecule has 4 atom stereocenters. The van der Waals surface area contributed by atoms with Crippen LogP contribution in [-0.2, 0) is 4.79 Å². The molecule has 0 aliphatic rings. The summed E-state index contributed by atoms with van der Waals surface area (Å²) in [4.78, 5) is 12.5. The standard InChI is InChI=1S/C52H101NO5/c1-3-5-7-9-11-13-15-16-17-18-19-20-21-22-23-24-25-26-27-28-29-30-31-32-33-34-35-36-38-40-42-44-46-50(56)52(58)53-48(47-54)51(57)49(55)45-43-41-39-37-14-12-10-8-6-4-2/h19-20,22-23,48-51,54-57H,3-18,21,24-47H2,1-2H3,(H,53,58)/b20-19-,23-22-. The Morgan fingerprint density at radius 3 is 1.09 bits per heavy atom. The Bertz CT molecular complexity index is 878. The van der Waals surface area contributed by atoms with Gasteiger partial charge in [0.05, 0.1) is 18.8 Å². The molecular formula is C52H101NO5. The normalized spacial score (nSPS) is 14.1. The number of hydrogen-bond acceptors (Lipinski definition) is 5. The Morgan fingerprint density at radius 2 is 0.741 bits per heavy atom. The van der Waals surface area contributed by atoms with Crippen LogP contribution < -0.4 is 5.32 Å². The number of nitrogens with one attached hydrogen (secondary N) is 1. The van der Waals surface area contributed by atoms with Gasteiger partial charge < -0.3 is 25.7 Å². The monoisotopic (exact) mass is 820 g/mol. The highest BCUT2D eigenvalue weighted by Crippen LogP contribution is 2.17. The number of amides is 1. The Labute approximate surface area is 361 Å². The van der Waals surface area contributed by atoms with E-state index >= 15 is 0 Å². The maximum Gasteiger partial charge on any atom is 0.249 e. The predicted octanol–water partition coefficient (Wildman–Crippen LogP) is 14.3. The van der Waals surface area contributed by atoms with Gasteiger partial charge in [-0.2, -0.15) is 0 Å². The van der Waals surface area contributed by atoms with E-state index in [9.17, 15) is 25.2 Å². The molecule has 6 heteroatoms. The number of rotatable bonds is 47. The minimum absolute atomic E-state index is 0.371. The molecule has 0 radical (unpaired) electrons. The van der Waals surface area contributed by atoms with Gasteiger partial charge in [-0.05, 0) is 44.9 Å². The van der Waals surface area contributed by atoms with Crippen molar-refractivity contribution in [1.29, 1.82) is 0 Å². The Balaban J connectivity index is 3.55. The van der Waals surface area contributed by atoms with Crippen molar-refractivity contribution < 1.29 is 25.2 Å². The number of aliphatic hydroxyl groups is 4. The molecule has 0 saturated heterocycles. The van der Waals surface area contributed by atoms with E-state index in [4.69, 9.17) is 0 Å². The van der Waals surface area contributed by atoms with Crippen molar-refractivity contribution in [2.75, 3.05) is 6.61 Å². The van der Waals surface area contributed by atoms with E-state index in [1.54, 1.807) is 0 Å². The van der Waals surface area contributed by atoms with Crippen molar-refractivity contribution in [3.05, 3.63) is 24.3 Å². The number of hydrogen-bond donors (Lipinski definition) is 5. The van der Waals surface area contributed by atoms with Crippen molar-refractivity contribution in [2.45, 2.75) is 295 Å². The van der Waals surface area contributed by atoms with E-state index in [-0.39, 0.29) is 0 Å². The van der Waals surface area contributed by atoms with Crippen LogP contribution in [0.2, 0.25) is 0 Å². The van der Waals surface area contributed by atoms with E-state index in [2.05, 4.69) is 43.5 Å². The van der Waals surface area contributed by atoms with Crippen LogP contribution >= 0.6 is 0 Å². The second kappa shape index (κ2) is 46.8. The fourth-order valence-corrected chi connectivity index (χ4v) is 8.08. The minimum atomic E-state index is -1.26. The first-order valence-electron chi connectivity index (χ1n) is 25.7. The summed E-state index contributed by atoms with van der Waals surface area (Å²) in [5, 5.41) is 43.7. The molecule has 4 unspecified atom stereocenters. The molecule has 0 spiro atoms. The van der Waals surface area contributed by atoms with Gasteiger partial charge in [0.2, 0.25) is 5.91 Å². The lowest BCUT2D eigenvalue weighted by Gasteiger charge is -2.27. The fourth-order valence-electron chi connectivity index (χ4n) is 8.08. The topological polar surface area (TPSA) is 110 Å². The van der Waals surface area contributed by atoms with Gasteiger partial charge in [0.15, 0.2) is 0 Å². The first-order chi connectivity index (χ1) is 28.5. The van der Waals surface area contributed by atoms with E-state index in [1.807, 2.05) is 0 Å². The molecule has 0 heterocycles. The van der Waals surface area contributed by atoms with Crippen molar-refractivity contribution in [3.8, 4) is 0 Å². The van der Waals surface area contributed by atoms with E-state index < -0.39 is 36.9 Å². The Morgan fingerprint density at radius 1 is 0.431 bits per heavy atom. The summed E-state index contributed by atoms with van der Waals surface area (Å²) in [6, 6.07) is -0.981. The van der Waals surface area contributed by atoms with Gasteiger partial charge in [-0.25, -0.2) is 0 Å². The van der Waals surface area contributed by atoms with Gasteiger partial charge in [0.1, 0.15) is 12.2 Å². The van der Waals surface area contributed by atoms with Gasteiger partial charge >= 0.3 is 0 Å². The summed E-state index contributed by atoms with van der Waals surface area (Å²) in [7, 11) is 0. The quantitative estimate of drug-likeness (QED) is 0.0310. The predicted molar refractivity (Wildman–Crippen MR) is 251 cm³/mol. The third-order valence-electron chi connectivity index (χ3n) is 12.2. The average molecular weight is 820 g/mol. The zero-order valence-electron chi connectivity index (χ0n) is 38.8. The molecule has 5 N–H and O–H groups in total. The zero-order chi connectivity index (χ0) is 42.4. The molecule has 0 saturated carbocycles. The third-order valence-corrected chi connectivity index (χ3v) is 12.2. The number of unbranched alkanes of at least 4 members (excludes halogenated alkanes) is 34. The number of carbonyl (C=O) groups is 1. The molecule has 0 aliphatic carbocycles. The van der Waals surface area contributed by atoms with Crippen LogP contribution in [0.3, 0.4) is 0 Å². The van der Waals surface area contributed by atoms with Crippen LogP contribution in [0.5, 0.6) is 0 Å². The van der Waals surface area contributed by atoms with Gasteiger partial charge in [-0.3, -0.25) is 4.79 Å². The second-order valence-electron chi connectivity index (χ2n) is 17.9. The van der Waals surface area contributed by atoms with E-state index in [0.29, 0.717) is 12.8 Å². The molecular weight excluding hydrogens is 719 g/mol. The first-order valence-corrected chi connectivity index (χ1v) is 25.7. The van der Waals surface area contributed by atoms with Gasteiger partial charge in [0.25, 0.3) is 0 Å². The Hall–Kier alpha value is -1.21. The molecule has 0 fully saturated rings. The van der Waals surface area contributed by atoms with E-state index in [1.165, 1.54) is 199 Å². The van der Waals surface area contributed by atoms with Gasteiger partial charge in [-0.1, -0.05) is 250 Å². The number of aliphatic hydroxyl groups excluding tert-OH is 4. The van der Waals surface area contributed by atoms with Gasteiger partial charge in [0, 0.05) is 0 Å². The molecule has 0 aromatic rings. The van der Waals surface area contributed by atoms with Crippen LogP contribution in [0.25, 0.3) is 0 Å². The first kappa shape index (κ1) is 56.8. The summed E-state index contributed by atoms with van der Waals surface area (Å²) >= 11 is 0. The highest BCUT2D eigenvalue weighted by Gasteiger charge is 2.28. The lowest BCUT2D eigenvalue weighted by molar-refractivity contribution is -0.132. The maximum absolute atomic E-state index is 12.5. The van der Waals surface area contributed by atoms with Crippen molar-refractivity contribution in [1.82, 2.24) is 5.32 Å². The highest BCUT2D eigenvalue weighted by molar-refractivity contribution is 5.80. The lowest BCUT2D eigenvalue weighted by Crippen LogP contribution is -2.53. The van der Waals surface area contributed by atoms with Crippen LogP contribution in [0, 0.1) is 0 Å². The number of allylic oxidation sites excluding steroid dienone is 4. The van der Waals surface area contributed by atoms with Crippen LogP contribution in [0.15, 0.2) is 24.3 Å². The van der Waals surface area contributed by atoms with Crippen LogP contribution in [0.1, 0.15) is 271 Å². The molecule has 0 aromatic heterocycles. The molecule has 0 bridgehead atoms. The third kappa shape index (κ3) is 40.2. The lowest BCUT2D eigenvalue weighted by atomic mass is 9.99. The minimum Gasteiger partial charge on any atom is -0.394 e. The zero-order valence-corrected chi connectivity index (χ0v) is 38.8. The van der Waals surface area contributed by atoms with Gasteiger partial charge in [-0.15, -0.1) is 0 Å². The molecule has 1 amide bonds. The summed E-state index contributed by atoms with van der Waals surface area (Å²) < 4.78 is 0. The summed E-state index contributed by atoms with van der Waals surface area (Å²) in [5.74, 6) is -0.583. The number of carbonyl (C=O) groups excluding carboxylic acids is 1. The summed E-state index contributed by atoms with van der Waals surface area (Å²) in [6.45, 7) is 4.04. The average Bonchev–Trinajstić information content (AvgIpc) is 3.23. The smallest absolute Gasteiger partial charge is 0.249 e. The van der Waals surface area contributed by atoms with Crippen molar-refractivity contribution >= 4 is 5.91 Å². The van der Waals surface area contributed by atoms with Crippen molar-refractivity contribution in [2.24, 2.45) is 0 Å². The highest BCUT2D eigenvalue weighted by atomic mass is 16.3. The molecule has 6 nitrogen and oxygen atoms in total. The molecule has 58 heavy (non-hydrogen) atoms. The summed E-state index contributed by atoms with van der Waals surface area (Å²) in [5.41, 5.74) is 0. The van der Waals surface area contributed by atoms with Crippen LogP contribution in [-0.4, -0.2) is 57.3 Å².